The first-order valence-electron chi connectivity index (χ1n) is 11.4. The van der Waals surface area contributed by atoms with Gasteiger partial charge in [0.25, 0.3) is 5.91 Å². The summed E-state index contributed by atoms with van der Waals surface area (Å²) >= 11 is 0. The van der Waals surface area contributed by atoms with Gasteiger partial charge in [-0.05, 0) is 55.6 Å². The second-order valence-electron chi connectivity index (χ2n) is 8.15. The van der Waals surface area contributed by atoms with Gasteiger partial charge >= 0.3 is 0 Å². The number of rotatable bonds is 10. The van der Waals surface area contributed by atoms with Crippen LogP contribution >= 0.6 is 0 Å². The van der Waals surface area contributed by atoms with E-state index in [4.69, 9.17) is 10.7 Å². The molecule has 0 aliphatic rings. The second kappa shape index (κ2) is 10.7. The molecule has 0 spiro atoms. The summed E-state index contributed by atoms with van der Waals surface area (Å²) in [5.41, 5.74) is 9.99. The lowest BCUT2D eigenvalue weighted by molar-refractivity contribution is 0.102. The quantitative estimate of drug-likeness (QED) is 0.352. The van der Waals surface area contributed by atoms with Crippen LogP contribution in [0.5, 0.6) is 0 Å². The molecule has 4 aromatic rings. The van der Waals surface area contributed by atoms with Gasteiger partial charge in [0.2, 0.25) is 5.95 Å². The summed E-state index contributed by atoms with van der Waals surface area (Å²) in [7, 11) is 1.87. The van der Waals surface area contributed by atoms with E-state index in [1.165, 1.54) is 0 Å². The summed E-state index contributed by atoms with van der Waals surface area (Å²) in [4.78, 5) is 17.9. The number of nitrogens with two attached hydrogens (primary N) is 1. The Labute approximate surface area is 194 Å². The van der Waals surface area contributed by atoms with Crippen molar-refractivity contribution in [2.75, 3.05) is 11.9 Å². The Kier molecular flexibility index (Phi) is 7.32. The molecule has 7 heteroatoms. The molecule has 2 heterocycles. The van der Waals surface area contributed by atoms with E-state index in [9.17, 15) is 4.79 Å². The Hall–Kier alpha value is -3.71. The van der Waals surface area contributed by atoms with Crippen molar-refractivity contribution >= 4 is 11.9 Å². The molecule has 2 aromatic carbocycles. The third-order valence-corrected chi connectivity index (χ3v) is 5.57. The van der Waals surface area contributed by atoms with E-state index >= 15 is 0 Å². The fourth-order valence-electron chi connectivity index (χ4n) is 3.81. The lowest BCUT2D eigenvalue weighted by Crippen LogP contribution is -2.15. The van der Waals surface area contributed by atoms with Crippen LogP contribution in [0.4, 0.5) is 5.95 Å². The minimum absolute atomic E-state index is 0.196. The Bertz CT molecular complexity index is 1190. The number of hydrogen-bond donors (Lipinski definition) is 2. The molecule has 0 unspecified atom stereocenters. The normalized spacial score (nSPS) is 11.0. The average Bonchev–Trinajstić information content (AvgIpc) is 3.46. The van der Waals surface area contributed by atoms with Crippen LogP contribution in [-0.4, -0.2) is 31.8 Å². The van der Waals surface area contributed by atoms with Gasteiger partial charge in [0.1, 0.15) is 0 Å². The Balaban J connectivity index is 1.54. The maximum absolute atomic E-state index is 13.1. The van der Waals surface area contributed by atoms with Crippen molar-refractivity contribution in [1.82, 2.24) is 19.3 Å². The standard InChI is InChI=1S/C26H30N6O/c1-31-18-22(17-28-31)20-10-9-11-21(16-20)25(33)30-26-29-23(12-5-2-3-8-15-27)19-32(26)24-13-6-4-7-14-24/h4,6-7,9-11,13-14,16-19H,2-3,5,8,12,15,27H2,1H3,(H,29,30,33). The number of nitrogens with zero attached hydrogens (tertiary/aromatic N) is 4. The summed E-state index contributed by atoms with van der Waals surface area (Å²) in [6.45, 7) is 0.737. The molecule has 0 saturated carbocycles. The summed E-state index contributed by atoms with van der Waals surface area (Å²) < 4.78 is 3.69. The van der Waals surface area contributed by atoms with Crippen molar-refractivity contribution in [2.24, 2.45) is 12.8 Å². The third-order valence-electron chi connectivity index (χ3n) is 5.57. The number of para-hydroxylation sites is 1. The minimum atomic E-state index is -0.196. The molecule has 0 saturated heterocycles. The number of unbranched alkanes of at least 4 members (excludes halogenated alkanes) is 3. The molecule has 33 heavy (non-hydrogen) atoms. The maximum atomic E-state index is 13.1. The number of benzene rings is 2. The molecule has 0 aliphatic heterocycles. The Morgan fingerprint density at radius 1 is 0.970 bits per heavy atom. The molecule has 0 bridgehead atoms. The maximum Gasteiger partial charge on any atom is 0.258 e. The zero-order chi connectivity index (χ0) is 23.0. The molecular formula is C26H30N6O. The van der Waals surface area contributed by atoms with Crippen molar-refractivity contribution in [1.29, 1.82) is 0 Å². The van der Waals surface area contributed by atoms with E-state index in [0.717, 1.165) is 61.2 Å². The molecule has 7 nitrogen and oxygen atoms in total. The predicted molar refractivity (Wildman–Crippen MR) is 131 cm³/mol. The molecule has 3 N–H and O–H groups in total. The lowest BCUT2D eigenvalue weighted by atomic mass is 10.1. The number of carbonyl (C=O) groups is 1. The highest BCUT2D eigenvalue weighted by Gasteiger charge is 2.15. The first kappa shape index (κ1) is 22.5. The van der Waals surface area contributed by atoms with Crippen molar-refractivity contribution in [3.63, 3.8) is 0 Å². The van der Waals surface area contributed by atoms with E-state index < -0.39 is 0 Å². The molecule has 4 rings (SSSR count). The average molecular weight is 443 g/mol. The van der Waals surface area contributed by atoms with Crippen LogP contribution in [0.3, 0.4) is 0 Å². The van der Waals surface area contributed by atoms with Gasteiger partial charge in [-0.2, -0.15) is 5.10 Å². The molecule has 0 aliphatic carbocycles. The van der Waals surface area contributed by atoms with Crippen LogP contribution in [0.15, 0.2) is 73.2 Å². The molecule has 2 aromatic heterocycles. The molecule has 1 amide bonds. The largest absolute Gasteiger partial charge is 0.330 e. The van der Waals surface area contributed by atoms with Crippen molar-refractivity contribution in [3.05, 3.63) is 84.4 Å². The van der Waals surface area contributed by atoms with Crippen molar-refractivity contribution in [3.8, 4) is 16.8 Å². The van der Waals surface area contributed by atoms with Crippen LogP contribution in [0, 0.1) is 0 Å². The zero-order valence-electron chi connectivity index (χ0n) is 18.9. The third kappa shape index (κ3) is 5.75. The number of aryl methyl sites for hydroxylation is 2. The monoisotopic (exact) mass is 442 g/mol. The van der Waals surface area contributed by atoms with Gasteiger partial charge in [0.05, 0.1) is 11.9 Å². The number of carbonyl (C=O) groups excluding carboxylic acids is 1. The van der Waals surface area contributed by atoms with Crippen molar-refractivity contribution < 1.29 is 4.79 Å². The molecule has 0 atom stereocenters. The fraction of sp³-hybridized carbons (Fsp3) is 0.269. The second-order valence-corrected chi connectivity index (χ2v) is 8.15. The number of nitrogens with one attached hydrogen (secondary N) is 1. The van der Waals surface area contributed by atoms with Crippen LogP contribution in [0.2, 0.25) is 0 Å². The van der Waals surface area contributed by atoms with E-state index in [0.29, 0.717) is 11.5 Å². The molecular weight excluding hydrogens is 412 g/mol. The molecule has 170 valence electrons. The van der Waals surface area contributed by atoms with E-state index in [1.807, 2.05) is 78.6 Å². The van der Waals surface area contributed by atoms with Crippen molar-refractivity contribution in [2.45, 2.75) is 32.1 Å². The zero-order valence-corrected chi connectivity index (χ0v) is 18.9. The number of aromatic nitrogens is 4. The van der Waals surface area contributed by atoms with Gasteiger partial charge in [0, 0.05) is 36.3 Å². The Morgan fingerprint density at radius 2 is 1.79 bits per heavy atom. The van der Waals surface area contributed by atoms with Gasteiger partial charge < -0.3 is 5.73 Å². The summed E-state index contributed by atoms with van der Waals surface area (Å²) in [5.74, 6) is 0.327. The SMILES string of the molecule is Cn1cc(-c2cccc(C(=O)Nc3nc(CCCCCCN)cn3-c3ccccc3)c2)cn1. The number of anilines is 1. The summed E-state index contributed by atoms with van der Waals surface area (Å²) in [6, 6.07) is 17.5. The highest BCUT2D eigenvalue weighted by molar-refractivity contribution is 6.04. The van der Waals surface area contributed by atoms with E-state index in [2.05, 4.69) is 10.4 Å². The number of hydrogen-bond acceptors (Lipinski definition) is 4. The highest BCUT2D eigenvalue weighted by atomic mass is 16.1. The minimum Gasteiger partial charge on any atom is -0.330 e. The number of amides is 1. The summed E-state index contributed by atoms with van der Waals surface area (Å²) in [5, 5.41) is 7.24. The van der Waals surface area contributed by atoms with Gasteiger partial charge in [-0.1, -0.05) is 43.2 Å². The predicted octanol–water partition coefficient (Wildman–Crippen LogP) is 4.59. The lowest BCUT2D eigenvalue weighted by Gasteiger charge is -2.09. The smallest absolute Gasteiger partial charge is 0.258 e. The van der Waals surface area contributed by atoms with Crippen LogP contribution < -0.4 is 11.1 Å². The Morgan fingerprint density at radius 3 is 2.55 bits per heavy atom. The van der Waals surface area contributed by atoms with E-state index in [-0.39, 0.29) is 5.91 Å². The van der Waals surface area contributed by atoms with Crippen LogP contribution in [0.25, 0.3) is 16.8 Å². The van der Waals surface area contributed by atoms with E-state index in [1.54, 1.807) is 10.9 Å². The van der Waals surface area contributed by atoms with Gasteiger partial charge in [-0.25, -0.2) is 4.98 Å². The van der Waals surface area contributed by atoms with Gasteiger partial charge in [0.15, 0.2) is 0 Å². The first-order valence-corrected chi connectivity index (χ1v) is 11.4. The topological polar surface area (TPSA) is 90.8 Å². The van der Waals surface area contributed by atoms with Gasteiger partial charge in [-0.3, -0.25) is 19.4 Å². The molecule has 0 fully saturated rings. The fourth-order valence-corrected chi connectivity index (χ4v) is 3.81. The van der Waals surface area contributed by atoms with Crippen LogP contribution in [0.1, 0.15) is 41.7 Å². The highest BCUT2D eigenvalue weighted by Crippen LogP contribution is 2.22. The first-order chi connectivity index (χ1) is 16.1. The van der Waals surface area contributed by atoms with Crippen LogP contribution in [-0.2, 0) is 13.5 Å². The number of imidazole rings is 1. The summed E-state index contributed by atoms with van der Waals surface area (Å²) in [6.07, 6.45) is 11.0. The molecule has 0 radical (unpaired) electrons. The van der Waals surface area contributed by atoms with Gasteiger partial charge in [-0.15, -0.1) is 0 Å².